The van der Waals surface area contributed by atoms with Crippen molar-refractivity contribution in [2.45, 2.75) is 33.1 Å². The average Bonchev–Trinajstić information content (AvgIpc) is 2.92. The number of nitrogens with zero attached hydrogens (tertiary/aromatic N) is 2. The van der Waals surface area contributed by atoms with E-state index in [0.717, 1.165) is 29.9 Å². The van der Waals surface area contributed by atoms with Crippen molar-refractivity contribution in [3.8, 4) is 5.75 Å². The SMILES string of the molecule is CCCCCOc1cc(C=NNc2nc(N)cs2)ccc1C. The largest absolute Gasteiger partial charge is 0.493 e. The molecule has 3 N–H and O–H groups in total. The van der Waals surface area contributed by atoms with E-state index < -0.39 is 0 Å². The Labute approximate surface area is 135 Å². The lowest BCUT2D eigenvalue weighted by atomic mass is 10.1. The zero-order valence-corrected chi connectivity index (χ0v) is 13.8. The molecule has 22 heavy (non-hydrogen) atoms. The van der Waals surface area contributed by atoms with E-state index in [4.69, 9.17) is 10.5 Å². The summed E-state index contributed by atoms with van der Waals surface area (Å²) in [5, 5.41) is 6.61. The van der Waals surface area contributed by atoms with Crippen LogP contribution < -0.4 is 15.9 Å². The third kappa shape index (κ3) is 5.04. The number of nitrogens with one attached hydrogen (secondary N) is 1. The summed E-state index contributed by atoms with van der Waals surface area (Å²) < 4.78 is 5.84. The van der Waals surface area contributed by atoms with Crippen LogP contribution >= 0.6 is 11.3 Å². The van der Waals surface area contributed by atoms with E-state index in [1.54, 1.807) is 11.6 Å². The standard InChI is InChI=1S/C16H22N4OS/c1-3-4-5-8-21-14-9-13(7-6-12(14)2)10-18-20-16-19-15(17)11-22-16/h6-7,9-11H,3-5,8,17H2,1-2H3,(H,19,20). The summed E-state index contributed by atoms with van der Waals surface area (Å²) in [7, 11) is 0. The Morgan fingerprint density at radius 1 is 1.41 bits per heavy atom. The first-order chi connectivity index (χ1) is 10.7. The molecule has 0 saturated heterocycles. The summed E-state index contributed by atoms with van der Waals surface area (Å²) in [6.45, 7) is 4.99. The van der Waals surface area contributed by atoms with Gasteiger partial charge in [0.1, 0.15) is 11.6 Å². The molecule has 6 heteroatoms. The third-order valence-electron chi connectivity index (χ3n) is 3.11. The van der Waals surface area contributed by atoms with Crippen LogP contribution in [0.3, 0.4) is 0 Å². The Morgan fingerprint density at radius 3 is 3.00 bits per heavy atom. The minimum atomic E-state index is 0.501. The number of nitrogen functional groups attached to an aromatic ring is 1. The van der Waals surface area contributed by atoms with Gasteiger partial charge >= 0.3 is 0 Å². The molecule has 2 rings (SSSR count). The van der Waals surface area contributed by atoms with Gasteiger partial charge in [-0.1, -0.05) is 31.9 Å². The zero-order chi connectivity index (χ0) is 15.8. The van der Waals surface area contributed by atoms with E-state index in [9.17, 15) is 0 Å². The van der Waals surface area contributed by atoms with Crippen LogP contribution in [0.1, 0.15) is 37.3 Å². The lowest BCUT2D eigenvalue weighted by molar-refractivity contribution is 0.304. The molecule has 0 bridgehead atoms. The molecule has 0 aliphatic carbocycles. The molecule has 0 spiro atoms. The molecular weight excluding hydrogens is 296 g/mol. The molecule has 0 saturated carbocycles. The van der Waals surface area contributed by atoms with E-state index in [-0.39, 0.29) is 0 Å². The van der Waals surface area contributed by atoms with E-state index in [0.29, 0.717) is 10.9 Å². The van der Waals surface area contributed by atoms with E-state index in [1.165, 1.54) is 24.2 Å². The lowest BCUT2D eigenvalue weighted by Crippen LogP contribution is -1.99. The highest BCUT2D eigenvalue weighted by Crippen LogP contribution is 2.20. The molecule has 1 aromatic heterocycles. The van der Waals surface area contributed by atoms with Crippen molar-refractivity contribution in [1.29, 1.82) is 0 Å². The van der Waals surface area contributed by atoms with Gasteiger partial charge in [0.2, 0.25) is 5.13 Å². The number of rotatable bonds is 8. The highest BCUT2D eigenvalue weighted by Gasteiger charge is 2.01. The van der Waals surface area contributed by atoms with E-state index in [1.807, 2.05) is 25.1 Å². The second kappa shape index (κ2) is 8.38. The fraction of sp³-hybridized carbons (Fsp3) is 0.375. The summed E-state index contributed by atoms with van der Waals surface area (Å²) in [5.74, 6) is 1.42. The third-order valence-corrected chi connectivity index (χ3v) is 3.88. The normalized spacial score (nSPS) is 11.0. The number of nitrogens with two attached hydrogens (primary N) is 1. The number of unbranched alkanes of at least 4 members (excludes halogenated alkanes) is 2. The minimum absolute atomic E-state index is 0.501. The van der Waals surface area contributed by atoms with Crippen LogP contribution in [0, 0.1) is 6.92 Å². The monoisotopic (exact) mass is 318 g/mol. The molecule has 0 aliphatic heterocycles. The molecule has 0 atom stereocenters. The van der Waals surface area contributed by atoms with Crippen molar-refractivity contribution < 1.29 is 4.74 Å². The molecule has 0 aliphatic rings. The fourth-order valence-corrected chi connectivity index (χ4v) is 2.43. The highest BCUT2D eigenvalue weighted by molar-refractivity contribution is 7.14. The van der Waals surface area contributed by atoms with Gasteiger partial charge in [-0.15, -0.1) is 11.3 Å². The van der Waals surface area contributed by atoms with Gasteiger partial charge in [0.05, 0.1) is 12.8 Å². The van der Waals surface area contributed by atoms with Crippen molar-refractivity contribution >= 4 is 28.5 Å². The molecule has 0 amide bonds. The number of aryl methyl sites for hydroxylation is 1. The van der Waals surface area contributed by atoms with Crippen LogP contribution in [0.15, 0.2) is 28.7 Å². The molecule has 0 radical (unpaired) electrons. The van der Waals surface area contributed by atoms with Crippen LogP contribution in [0.4, 0.5) is 10.9 Å². The van der Waals surface area contributed by atoms with Gasteiger partial charge in [-0.25, -0.2) is 4.98 Å². The summed E-state index contributed by atoms with van der Waals surface area (Å²) in [6, 6.07) is 6.05. The number of anilines is 2. The molecule has 0 fully saturated rings. The second-order valence-electron chi connectivity index (χ2n) is 5.03. The van der Waals surface area contributed by atoms with Crippen molar-refractivity contribution in [1.82, 2.24) is 4.98 Å². The molecule has 0 unspecified atom stereocenters. The van der Waals surface area contributed by atoms with Crippen LogP contribution in [-0.4, -0.2) is 17.8 Å². The first-order valence-electron chi connectivity index (χ1n) is 7.42. The minimum Gasteiger partial charge on any atom is -0.493 e. The summed E-state index contributed by atoms with van der Waals surface area (Å²) in [6.07, 6.45) is 5.22. The first-order valence-corrected chi connectivity index (χ1v) is 8.30. The Bertz CT molecular complexity index is 624. The predicted molar refractivity (Wildman–Crippen MR) is 93.9 cm³/mol. The van der Waals surface area contributed by atoms with Crippen molar-refractivity contribution in [3.05, 3.63) is 34.7 Å². The van der Waals surface area contributed by atoms with Crippen LogP contribution in [0.5, 0.6) is 5.75 Å². The molecule has 118 valence electrons. The Kier molecular flexibility index (Phi) is 6.21. The molecule has 1 heterocycles. The fourth-order valence-electron chi connectivity index (χ4n) is 1.89. The Balaban J connectivity index is 1.93. The maximum absolute atomic E-state index is 5.84. The van der Waals surface area contributed by atoms with Gasteiger partial charge in [-0.05, 0) is 30.5 Å². The van der Waals surface area contributed by atoms with Crippen LogP contribution in [0.2, 0.25) is 0 Å². The summed E-state index contributed by atoms with van der Waals surface area (Å²) >= 11 is 1.42. The van der Waals surface area contributed by atoms with Gasteiger partial charge < -0.3 is 10.5 Å². The van der Waals surface area contributed by atoms with Crippen LogP contribution in [-0.2, 0) is 0 Å². The quantitative estimate of drug-likeness (QED) is 0.437. The van der Waals surface area contributed by atoms with Crippen molar-refractivity contribution in [3.63, 3.8) is 0 Å². The number of benzene rings is 1. The number of hydrogen-bond acceptors (Lipinski definition) is 6. The Morgan fingerprint density at radius 2 is 2.27 bits per heavy atom. The van der Waals surface area contributed by atoms with Gasteiger partial charge in [0, 0.05) is 5.38 Å². The average molecular weight is 318 g/mol. The smallest absolute Gasteiger partial charge is 0.205 e. The van der Waals surface area contributed by atoms with Gasteiger partial charge in [0.15, 0.2) is 0 Å². The second-order valence-corrected chi connectivity index (χ2v) is 5.89. The molecule has 2 aromatic rings. The first kappa shape index (κ1) is 16.3. The highest BCUT2D eigenvalue weighted by atomic mass is 32.1. The number of thiazole rings is 1. The number of ether oxygens (including phenoxy) is 1. The summed E-state index contributed by atoms with van der Waals surface area (Å²) in [5.41, 5.74) is 10.5. The van der Waals surface area contributed by atoms with Crippen molar-refractivity contribution in [2.24, 2.45) is 5.10 Å². The topological polar surface area (TPSA) is 72.5 Å². The molecular formula is C16H22N4OS. The predicted octanol–water partition coefficient (Wildman–Crippen LogP) is 4.05. The number of hydrazone groups is 1. The Hall–Kier alpha value is -2.08. The number of hydrogen-bond donors (Lipinski definition) is 2. The van der Waals surface area contributed by atoms with E-state index in [2.05, 4.69) is 22.4 Å². The van der Waals surface area contributed by atoms with E-state index >= 15 is 0 Å². The van der Waals surface area contributed by atoms with Gasteiger partial charge in [-0.2, -0.15) is 5.10 Å². The van der Waals surface area contributed by atoms with Crippen molar-refractivity contribution in [2.75, 3.05) is 17.8 Å². The maximum atomic E-state index is 5.84. The number of aromatic nitrogens is 1. The van der Waals surface area contributed by atoms with Crippen LogP contribution in [0.25, 0.3) is 0 Å². The summed E-state index contributed by atoms with van der Waals surface area (Å²) in [4.78, 5) is 4.08. The maximum Gasteiger partial charge on any atom is 0.205 e. The molecule has 1 aromatic carbocycles. The zero-order valence-electron chi connectivity index (χ0n) is 13.0. The van der Waals surface area contributed by atoms with Gasteiger partial charge in [-0.3, -0.25) is 5.43 Å². The van der Waals surface area contributed by atoms with Gasteiger partial charge in [0.25, 0.3) is 0 Å². The molecule has 5 nitrogen and oxygen atoms in total. The lowest BCUT2D eigenvalue weighted by Gasteiger charge is -2.09.